The van der Waals surface area contributed by atoms with E-state index in [1.807, 2.05) is 6.08 Å². The molecule has 7 heteroatoms. The number of benzene rings is 1. The maximum atomic E-state index is 11.2. The number of piperidine rings is 1. The molecule has 0 amide bonds. The van der Waals surface area contributed by atoms with Crippen LogP contribution in [-0.2, 0) is 9.53 Å². The summed E-state index contributed by atoms with van der Waals surface area (Å²) in [6, 6.07) is 4.71. The highest BCUT2D eigenvalue weighted by atomic mass is 16.6. The van der Waals surface area contributed by atoms with Crippen molar-refractivity contribution in [3.05, 3.63) is 40.0 Å². The topological polar surface area (TPSA) is 81.9 Å². The van der Waals surface area contributed by atoms with Gasteiger partial charge in [0, 0.05) is 6.07 Å². The quantitative estimate of drug-likeness (QED) is 0.452. The second-order valence-corrected chi connectivity index (χ2v) is 5.85. The van der Waals surface area contributed by atoms with Gasteiger partial charge >= 0.3 is 11.7 Å². The molecule has 0 unspecified atom stereocenters. The lowest BCUT2D eigenvalue weighted by Crippen LogP contribution is -2.29. The van der Waals surface area contributed by atoms with Crippen LogP contribution in [0.25, 0.3) is 6.08 Å². The van der Waals surface area contributed by atoms with Crippen LogP contribution in [-0.4, -0.2) is 49.6 Å². The van der Waals surface area contributed by atoms with Crippen LogP contribution < -0.4 is 4.74 Å². The lowest BCUT2D eigenvalue weighted by atomic mass is 9.96. The molecule has 0 bridgehead atoms. The first-order valence-corrected chi connectivity index (χ1v) is 7.84. The van der Waals surface area contributed by atoms with Gasteiger partial charge in [-0.2, -0.15) is 0 Å². The standard InChI is InChI=1S/C17H22N2O5/c1-18-9-7-13(8-10-18)3-4-14-5-6-16(15(11-14)19(21)22)24-12-17(20)23-2/h3-6,11,13H,7-10,12H2,1-2H3. The summed E-state index contributed by atoms with van der Waals surface area (Å²) in [5, 5.41) is 11.2. The molecule has 0 spiro atoms. The van der Waals surface area contributed by atoms with E-state index in [2.05, 4.69) is 22.8 Å². The average molecular weight is 334 g/mol. The van der Waals surface area contributed by atoms with Crippen LogP contribution in [0.15, 0.2) is 24.3 Å². The van der Waals surface area contributed by atoms with Crippen LogP contribution >= 0.6 is 0 Å². The van der Waals surface area contributed by atoms with E-state index in [1.165, 1.54) is 19.2 Å². The SMILES string of the molecule is COC(=O)COc1ccc(C=CC2CCN(C)CC2)cc1[N+](=O)[O-]. The fourth-order valence-corrected chi connectivity index (χ4v) is 2.57. The van der Waals surface area contributed by atoms with Crippen molar-refractivity contribution in [2.45, 2.75) is 12.8 Å². The molecule has 1 aromatic rings. The molecule has 0 radical (unpaired) electrons. The number of rotatable bonds is 6. The molecule has 0 aliphatic carbocycles. The smallest absolute Gasteiger partial charge is 0.343 e. The van der Waals surface area contributed by atoms with Gasteiger partial charge in [-0.05, 0) is 50.5 Å². The molecule has 24 heavy (non-hydrogen) atoms. The number of hydrogen-bond donors (Lipinski definition) is 0. The van der Waals surface area contributed by atoms with Gasteiger partial charge in [0.25, 0.3) is 0 Å². The third-order valence-corrected chi connectivity index (χ3v) is 4.08. The van der Waals surface area contributed by atoms with Gasteiger partial charge in [0.15, 0.2) is 12.4 Å². The van der Waals surface area contributed by atoms with Gasteiger partial charge in [-0.3, -0.25) is 10.1 Å². The molecule has 1 aromatic carbocycles. The number of carbonyl (C=O) groups is 1. The molecule has 1 heterocycles. The van der Waals surface area contributed by atoms with Gasteiger partial charge in [-0.15, -0.1) is 0 Å². The minimum Gasteiger partial charge on any atom is -0.475 e. The van der Waals surface area contributed by atoms with E-state index < -0.39 is 10.9 Å². The Kier molecular flexibility index (Phi) is 6.31. The van der Waals surface area contributed by atoms with E-state index in [-0.39, 0.29) is 18.0 Å². The lowest BCUT2D eigenvalue weighted by Gasteiger charge is -2.26. The third kappa shape index (κ3) is 5.06. The molecule has 0 atom stereocenters. The van der Waals surface area contributed by atoms with Gasteiger partial charge in [-0.1, -0.05) is 18.2 Å². The fourth-order valence-electron chi connectivity index (χ4n) is 2.57. The summed E-state index contributed by atoms with van der Waals surface area (Å²) < 4.78 is 9.63. The highest BCUT2D eigenvalue weighted by molar-refractivity contribution is 5.71. The Morgan fingerprint density at radius 1 is 1.42 bits per heavy atom. The molecule has 1 aliphatic heterocycles. The maximum absolute atomic E-state index is 11.2. The van der Waals surface area contributed by atoms with Crippen LogP contribution in [0.5, 0.6) is 5.75 Å². The number of nitrogens with zero attached hydrogens (tertiary/aromatic N) is 2. The first-order valence-electron chi connectivity index (χ1n) is 7.84. The summed E-state index contributed by atoms with van der Waals surface area (Å²) in [6.45, 7) is 1.77. The summed E-state index contributed by atoms with van der Waals surface area (Å²) in [6.07, 6.45) is 6.21. The van der Waals surface area contributed by atoms with Crippen LogP contribution in [0, 0.1) is 16.0 Å². The van der Waals surface area contributed by atoms with Crippen LogP contribution in [0.2, 0.25) is 0 Å². The van der Waals surface area contributed by atoms with E-state index in [4.69, 9.17) is 4.74 Å². The van der Waals surface area contributed by atoms with Crippen molar-refractivity contribution in [1.82, 2.24) is 4.90 Å². The Morgan fingerprint density at radius 3 is 2.75 bits per heavy atom. The summed E-state index contributed by atoms with van der Waals surface area (Å²) in [7, 11) is 3.34. The van der Waals surface area contributed by atoms with Gasteiger partial charge in [-0.25, -0.2) is 4.79 Å². The summed E-state index contributed by atoms with van der Waals surface area (Å²) in [5.41, 5.74) is 0.579. The van der Waals surface area contributed by atoms with Gasteiger partial charge in [0.2, 0.25) is 0 Å². The number of carbonyl (C=O) groups excluding carboxylic acids is 1. The second-order valence-electron chi connectivity index (χ2n) is 5.85. The highest BCUT2D eigenvalue weighted by Crippen LogP contribution is 2.29. The first-order chi connectivity index (χ1) is 11.5. The first kappa shape index (κ1) is 17.9. The number of methoxy groups -OCH3 is 1. The summed E-state index contributed by atoms with van der Waals surface area (Å²) in [4.78, 5) is 24.1. The van der Waals surface area contributed by atoms with Crippen molar-refractivity contribution in [2.75, 3.05) is 33.9 Å². The van der Waals surface area contributed by atoms with Crippen molar-refractivity contribution in [3.8, 4) is 5.75 Å². The molecule has 1 aliphatic rings. The van der Waals surface area contributed by atoms with Crippen molar-refractivity contribution in [1.29, 1.82) is 0 Å². The van der Waals surface area contributed by atoms with Crippen molar-refractivity contribution < 1.29 is 19.2 Å². The Hall–Kier alpha value is -2.41. The predicted molar refractivity (Wildman–Crippen MR) is 89.9 cm³/mol. The lowest BCUT2D eigenvalue weighted by molar-refractivity contribution is -0.385. The van der Waals surface area contributed by atoms with Crippen molar-refractivity contribution in [2.24, 2.45) is 5.92 Å². The number of nitro benzene ring substituents is 1. The van der Waals surface area contributed by atoms with Gasteiger partial charge in [0.1, 0.15) is 0 Å². The third-order valence-electron chi connectivity index (χ3n) is 4.08. The number of hydrogen-bond acceptors (Lipinski definition) is 6. The minimum absolute atomic E-state index is 0.0573. The van der Waals surface area contributed by atoms with Crippen LogP contribution in [0.4, 0.5) is 5.69 Å². The largest absolute Gasteiger partial charge is 0.475 e. The number of ether oxygens (including phenoxy) is 2. The normalized spacial score (nSPS) is 16.2. The Labute approximate surface area is 141 Å². The number of esters is 1. The molecule has 0 aromatic heterocycles. The van der Waals surface area contributed by atoms with Gasteiger partial charge in [0.05, 0.1) is 12.0 Å². The monoisotopic (exact) mass is 334 g/mol. The minimum atomic E-state index is -0.587. The molecule has 0 N–H and O–H groups in total. The number of allylic oxidation sites excluding steroid dienone is 1. The molecular formula is C17H22N2O5. The number of nitro groups is 1. The Balaban J connectivity index is 2.07. The zero-order valence-electron chi connectivity index (χ0n) is 13.9. The molecule has 7 nitrogen and oxygen atoms in total. The zero-order valence-corrected chi connectivity index (χ0v) is 13.9. The molecule has 2 rings (SSSR count). The predicted octanol–water partition coefficient (Wildman–Crippen LogP) is 2.50. The van der Waals surface area contributed by atoms with Gasteiger partial charge < -0.3 is 14.4 Å². The second kappa shape index (κ2) is 8.44. The van der Waals surface area contributed by atoms with E-state index in [1.54, 1.807) is 6.07 Å². The Bertz CT molecular complexity index is 621. The van der Waals surface area contributed by atoms with E-state index in [9.17, 15) is 14.9 Å². The van der Waals surface area contributed by atoms with Crippen LogP contribution in [0.3, 0.4) is 0 Å². The molecule has 0 saturated carbocycles. The molecular weight excluding hydrogens is 312 g/mol. The van der Waals surface area contributed by atoms with E-state index in [0.717, 1.165) is 31.5 Å². The fraction of sp³-hybridized carbons (Fsp3) is 0.471. The number of likely N-dealkylation sites (tertiary alicyclic amines) is 1. The Morgan fingerprint density at radius 2 is 2.12 bits per heavy atom. The van der Waals surface area contributed by atoms with Crippen molar-refractivity contribution in [3.63, 3.8) is 0 Å². The molecule has 1 saturated heterocycles. The van der Waals surface area contributed by atoms with Crippen molar-refractivity contribution >= 4 is 17.7 Å². The average Bonchev–Trinajstić information content (AvgIpc) is 2.59. The van der Waals surface area contributed by atoms with E-state index in [0.29, 0.717) is 5.92 Å². The molecule has 130 valence electrons. The zero-order chi connectivity index (χ0) is 17.5. The van der Waals surface area contributed by atoms with E-state index >= 15 is 0 Å². The maximum Gasteiger partial charge on any atom is 0.343 e. The highest BCUT2D eigenvalue weighted by Gasteiger charge is 2.17. The summed E-state index contributed by atoms with van der Waals surface area (Å²) >= 11 is 0. The van der Waals surface area contributed by atoms with Crippen LogP contribution in [0.1, 0.15) is 18.4 Å². The molecule has 1 fully saturated rings. The summed E-state index contributed by atoms with van der Waals surface area (Å²) in [5.74, 6) is -0.0344.